The van der Waals surface area contributed by atoms with E-state index in [-0.39, 0.29) is 5.78 Å². The summed E-state index contributed by atoms with van der Waals surface area (Å²) < 4.78 is 0. The number of allylic oxidation sites excluding steroid dienone is 1. The predicted octanol–water partition coefficient (Wildman–Crippen LogP) is 3.73. The number of piperidine rings is 1. The molecule has 1 fully saturated rings. The largest absolute Gasteiger partial charge is 0.363 e. The van der Waals surface area contributed by atoms with Crippen LogP contribution in [0.25, 0.3) is 6.08 Å². The van der Waals surface area contributed by atoms with Gasteiger partial charge in [0.25, 0.3) is 0 Å². The average molecular weight is 249 g/mol. The second-order valence-corrected chi connectivity index (χ2v) is 5.70. The second-order valence-electron chi connectivity index (χ2n) is 4.61. The minimum absolute atomic E-state index is 0.151. The van der Waals surface area contributed by atoms with Crippen LogP contribution in [0.1, 0.15) is 38.0 Å². The Balaban J connectivity index is 2.10. The monoisotopic (exact) mass is 249 g/mol. The zero-order valence-corrected chi connectivity index (χ0v) is 11.3. The lowest BCUT2D eigenvalue weighted by Gasteiger charge is -2.27. The molecule has 2 rings (SSSR count). The lowest BCUT2D eigenvalue weighted by atomic mass is 10.1. The predicted molar refractivity (Wildman–Crippen MR) is 74.7 cm³/mol. The molecule has 0 amide bonds. The first-order chi connectivity index (χ1) is 8.16. The van der Waals surface area contributed by atoms with Crippen LogP contribution in [0.15, 0.2) is 17.7 Å². The second kappa shape index (κ2) is 5.50. The molecule has 1 aliphatic rings. The van der Waals surface area contributed by atoms with Crippen molar-refractivity contribution >= 4 is 28.2 Å². The maximum atomic E-state index is 11.2. The summed E-state index contributed by atoms with van der Waals surface area (Å²) in [6.45, 7) is 5.85. The van der Waals surface area contributed by atoms with Crippen molar-refractivity contribution in [2.45, 2.75) is 33.1 Å². The molecule has 0 unspecified atom stereocenters. The van der Waals surface area contributed by atoms with E-state index in [9.17, 15) is 4.79 Å². The van der Waals surface area contributed by atoms with Gasteiger partial charge in [0.15, 0.2) is 5.78 Å². The van der Waals surface area contributed by atoms with Crippen molar-refractivity contribution in [3.8, 4) is 0 Å². The highest BCUT2D eigenvalue weighted by Gasteiger charge is 2.12. The Morgan fingerprint density at radius 3 is 2.59 bits per heavy atom. The zero-order valence-electron chi connectivity index (χ0n) is 10.5. The van der Waals surface area contributed by atoms with Crippen LogP contribution in [0.3, 0.4) is 0 Å². The van der Waals surface area contributed by atoms with E-state index >= 15 is 0 Å². The summed E-state index contributed by atoms with van der Waals surface area (Å²) in [5.41, 5.74) is 0.831. The molecule has 0 aromatic carbocycles. The molecule has 0 bridgehead atoms. The van der Waals surface area contributed by atoms with E-state index in [1.54, 1.807) is 18.3 Å². The summed E-state index contributed by atoms with van der Waals surface area (Å²) in [6.07, 6.45) is 5.95. The van der Waals surface area contributed by atoms with Crippen molar-refractivity contribution in [2.24, 2.45) is 0 Å². The molecular formula is C14H19NOS. The van der Waals surface area contributed by atoms with Gasteiger partial charge in [-0.2, -0.15) is 0 Å². The van der Waals surface area contributed by atoms with Crippen molar-refractivity contribution in [3.63, 3.8) is 0 Å². The van der Waals surface area contributed by atoms with Gasteiger partial charge in [-0.25, -0.2) is 0 Å². The summed E-state index contributed by atoms with van der Waals surface area (Å²) in [5, 5.41) is 1.34. The average Bonchev–Trinajstić information content (AvgIpc) is 2.78. The van der Waals surface area contributed by atoms with Gasteiger partial charge in [-0.1, -0.05) is 0 Å². The van der Waals surface area contributed by atoms with E-state index in [0.29, 0.717) is 0 Å². The van der Waals surface area contributed by atoms with Gasteiger partial charge in [0.2, 0.25) is 0 Å². The number of hydrogen-bond acceptors (Lipinski definition) is 3. The fourth-order valence-corrected chi connectivity index (χ4v) is 3.08. The van der Waals surface area contributed by atoms with Crippen LogP contribution in [0.2, 0.25) is 0 Å². The third-order valence-corrected chi connectivity index (χ3v) is 4.29. The summed E-state index contributed by atoms with van der Waals surface area (Å²) in [6, 6.07) is 4.29. The number of nitrogens with zero attached hydrogens (tertiary/aromatic N) is 1. The Kier molecular flexibility index (Phi) is 4.00. The van der Waals surface area contributed by atoms with Crippen molar-refractivity contribution in [2.75, 3.05) is 18.0 Å². The smallest absolute Gasteiger partial charge is 0.155 e. The van der Waals surface area contributed by atoms with Crippen LogP contribution in [0, 0.1) is 0 Å². The number of thiophene rings is 1. The molecular weight excluding hydrogens is 230 g/mol. The molecule has 3 heteroatoms. The Labute approximate surface area is 107 Å². The first-order valence-corrected chi connectivity index (χ1v) is 7.02. The highest BCUT2D eigenvalue weighted by molar-refractivity contribution is 7.16. The summed E-state index contributed by atoms with van der Waals surface area (Å²) in [5.74, 6) is 0.151. The van der Waals surface area contributed by atoms with E-state index < -0.39 is 0 Å². The van der Waals surface area contributed by atoms with E-state index in [1.165, 1.54) is 42.2 Å². The molecule has 92 valence electrons. The highest BCUT2D eigenvalue weighted by atomic mass is 32.1. The van der Waals surface area contributed by atoms with Gasteiger partial charge in [-0.05, 0) is 56.9 Å². The summed E-state index contributed by atoms with van der Waals surface area (Å²) in [7, 11) is 0. The molecule has 2 nitrogen and oxygen atoms in total. The first kappa shape index (κ1) is 12.4. The minimum Gasteiger partial charge on any atom is -0.363 e. The lowest BCUT2D eigenvalue weighted by Crippen LogP contribution is -2.28. The van der Waals surface area contributed by atoms with Crippen LogP contribution in [0.4, 0.5) is 5.00 Å². The minimum atomic E-state index is 0.151. The van der Waals surface area contributed by atoms with E-state index in [2.05, 4.69) is 17.0 Å². The molecule has 0 spiro atoms. The molecule has 1 saturated heterocycles. The van der Waals surface area contributed by atoms with Crippen LogP contribution in [0.5, 0.6) is 0 Å². The Morgan fingerprint density at radius 1 is 1.24 bits per heavy atom. The summed E-state index contributed by atoms with van der Waals surface area (Å²) in [4.78, 5) is 14.8. The molecule has 0 saturated carbocycles. The molecule has 2 heterocycles. The standard InChI is InChI=1S/C14H19NOS/c1-11(12(2)16)10-13-6-7-14(17-13)15-8-4-3-5-9-15/h6-7,10H,3-5,8-9H2,1-2H3/b11-10+. The highest BCUT2D eigenvalue weighted by Crippen LogP contribution is 2.29. The van der Waals surface area contributed by atoms with Crippen LogP contribution in [-0.2, 0) is 4.79 Å². The maximum absolute atomic E-state index is 11.2. The third kappa shape index (κ3) is 3.19. The topological polar surface area (TPSA) is 20.3 Å². The molecule has 17 heavy (non-hydrogen) atoms. The van der Waals surface area contributed by atoms with E-state index in [0.717, 1.165) is 5.57 Å². The van der Waals surface area contributed by atoms with Crippen LogP contribution in [-0.4, -0.2) is 18.9 Å². The van der Waals surface area contributed by atoms with Gasteiger partial charge in [-0.3, -0.25) is 4.79 Å². The Morgan fingerprint density at radius 2 is 1.94 bits per heavy atom. The number of Topliss-reactive ketones (excluding diaryl/α,β-unsaturated/α-hetero) is 1. The van der Waals surface area contributed by atoms with Crippen molar-refractivity contribution in [1.29, 1.82) is 0 Å². The van der Waals surface area contributed by atoms with Crippen molar-refractivity contribution in [1.82, 2.24) is 0 Å². The quantitative estimate of drug-likeness (QED) is 0.761. The van der Waals surface area contributed by atoms with Gasteiger partial charge >= 0.3 is 0 Å². The fraction of sp³-hybridized carbons (Fsp3) is 0.500. The Hall–Kier alpha value is -1.09. The van der Waals surface area contributed by atoms with Gasteiger partial charge in [0.05, 0.1) is 5.00 Å². The molecule has 1 aliphatic heterocycles. The SMILES string of the molecule is CC(=O)/C(C)=C/c1ccc(N2CCCCC2)s1. The van der Waals surface area contributed by atoms with Crippen LogP contribution >= 0.6 is 11.3 Å². The molecule has 0 radical (unpaired) electrons. The maximum Gasteiger partial charge on any atom is 0.155 e. The number of carbonyl (C=O) groups excluding carboxylic acids is 1. The van der Waals surface area contributed by atoms with Crippen LogP contribution < -0.4 is 4.90 Å². The fourth-order valence-electron chi connectivity index (χ4n) is 2.02. The summed E-state index contributed by atoms with van der Waals surface area (Å²) >= 11 is 1.78. The number of ketones is 1. The Bertz CT molecular complexity index is 427. The lowest BCUT2D eigenvalue weighted by molar-refractivity contribution is -0.113. The molecule has 1 aromatic rings. The van der Waals surface area contributed by atoms with Gasteiger partial charge < -0.3 is 4.90 Å². The zero-order chi connectivity index (χ0) is 12.3. The number of anilines is 1. The van der Waals surface area contributed by atoms with E-state index in [4.69, 9.17) is 0 Å². The number of hydrogen-bond donors (Lipinski definition) is 0. The number of rotatable bonds is 3. The van der Waals surface area contributed by atoms with Gasteiger partial charge in [-0.15, -0.1) is 11.3 Å². The first-order valence-electron chi connectivity index (χ1n) is 6.21. The third-order valence-electron chi connectivity index (χ3n) is 3.19. The molecule has 0 atom stereocenters. The van der Waals surface area contributed by atoms with Gasteiger partial charge in [0, 0.05) is 18.0 Å². The molecule has 0 N–H and O–H groups in total. The molecule has 0 aliphatic carbocycles. The normalized spacial score (nSPS) is 17.3. The van der Waals surface area contributed by atoms with Crippen molar-refractivity contribution < 1.29 is 4.79 Å². The number of carbonyl (C=O) groups is 1. The van der Waals surface area contributed by atoms with E-state index in [1.807, 2.05) is 13.0 Å². The van der Waals surface area contributed by atoms with Crippen molar-refractivity contribution in [3.05, 3.63) is 22.6 Å². The van der Waals surface area contributed by atoms with Gasteiger partial charge in [0.1, 0.15) is 0 Å². The molecule has 1 aromatic heterocycles.